The van der Waals surface area contributed by atoms with E-state index in [9.17, 15) is 18.0 Å². The van der Waals surface area contributed by atoms with Gasteiger partial charge in [-0.1, -0.05) is 25.7 Å². The Bertz CT molecular complexity index is 1100. The van der Waals surface area contributed by atoms with Gasteiger partial charge in [0.1, 0.15) is 5.54 Å². The van der Waals surface area contributed by atoms with Crippen LogP contribution in [0.25, 0.3) is 0 Å². The smallest absolute Gasteiger partial charge is 0.417 e. The number of rotatable bonds is 10. The van der Waals surface area contributed by atoms with Gasteiger partial charge in [0.05, 0.1) is 30.0 Å². The van der Waals surface area contributed by atoms with Crippen LogP contribution in [0, 0.1) is 11.3 Å². The van der Waals surface area contributed by atoms with E-state index >= 15 is 0 Å². The number of thiocarbonyl (C=S) groups is 2. The predicted octanol–water partition coefficient (Wildman–Crippen LogP) is 5.18. The molecule has 12 heteroatoms. The Hall–Kier alpha value is -2.49. The quantitative estimate of drug-likeness (QED) is 0.276. The van der Waals surface area contributed by atoms with Crippen molar-refractivity contribution in [1.29, 1.82) is 5.26 Å². The number of unbranched alkanes of at least 4 members (excludes halogenated alkanes) is 5. The lowest BCUT2D eigenvalue weighted by atomic mass is 10.0. The van der Waals surface area contributed by atoms with Crippen molar-refractivity contribution in [2.24, 2.45) is 0 Å². The fraction of sp³-hybridized carbons (Fsp3) is 0.630. The van der Waals surface area contributed by atoms with E-state index < -0.39 is 22.8 Å². The van der Waals surface area contributed by atoms with Gasteiger partial charge in [-0.05, 0) is 75.9 Å². The maximum atomic E-state index is 13.5. The highest BCUT2D eigenvalue weighted by atomic mass is 32.1. The van der Waals surface area contributed by atoms with Crippen molar-refractivity contribution in [3.05, 3.63) is 29.3 Å². The Morgan fingerprint density at radius 3 is 2.21 bits per heavy atom. The van der Waals surface area contributed by atoms with Crippen LogP contribution in [0.15, 0.2) is 18.2 Å². The van der Waals surface area contributed by atoms with Gasteiger partial charge in [-0.3, -0.25) is 14.6 Å². The summed E-state index contributed by atoms with van der Waals surface area (Å²) < 4.78 is 45.6. The Labute approximate surface area is 239 Å². The molecule has 0 spiro atoms. The lowest BCUT2D eigenvalue weighted by Gasteiger charge is -2.35. The number of anilines is 1. The number of carbonyl (C=O) groups excluding carboxylic acids is 1. The second-order valence-electron chi connectivity index (χ2n) is 10.4. The molecule has 0 saturated carbocycles. The van der Waals surface area contributed by atoms with E-state index in [-0.39, 0.29) is 16.7 Å². The van der Waals surface area contributed by atoms with Crippen LogP contribution in [-0.2, 0) is 15.7 Å². The maximum Gasteiger partial charge on any atom is 0.417 e. The summed E-state index contributed by atoms with van der Waals surface area (Å²) in [6.45, 7) is 8.87. The van der Waals surface area contributed by atoms with Gasteiger partial charge in [0.25, 0.3) is 11.1 Å². The summed E-state index contributed by atoms with van der Waals surface area (Å²) in [6, 6.07) is 4.82. The van der Waals surface area contributed by atoms with Crippen LogP contribution in [0.1, 0.15) is 63.5 Å². The molecule has 2 heterocycles. The molecule has 1 aromatic rings. The van der Waals surface area contributed by atoms with Crippen molar-refractivity contribution in [2.75, 3.05) is 51.3 Å². The van der Waals surface area contributed by atoms with Gasteiger partial charge in [-0.2, -0.15) is 18.4 Å². The third-order valence-corrected chi connectivity index (χ3v) is 8.25. The molecule has 0 aliphatic carbocycles. The topological polar surface area (TPSA) is 63.1 Å². The van der Waals surface area contributed by atoms with Gasteiger partial charge in [-0.15, -0.1) is 0 Å². The molecule has 1 aromatic carbocycles. The summed E-state index contributed by atoms with van der Waals surface area (Å²) in [6.07, 6.45) is 1.58. The first-order valence-corrected chi connectivity index (χ1v) is 14.1. The average molecular weight is 584 g/mol. The van der Waals surface area contributed by atoms with E-state index in [1.807, 2.05) is 0 Å². The molecule has 0 aromatic heterocycles. The first kappa shape index (κ1) is 31.0. The number of nitrogens with zero attached hydrogens (tertiary/aromatic N) is 5. The van der Waals surface area contributed by atoms with Crippen LogP contribution < -0.4 is 4.90 Å². The Morgan fingerprint density at radius 2 is 1.64 bits per heavy atom. The molecule has 2 saturated heterocycles. The molecule has 2 aliphatic rings. The summed E-state index contributed by atoms with van der Waals surface area (Å²) in [7, 11) is 1.61. The maximum absolute atomic E-state index is 13.5. The molecule has 0 unspecified atom stereocenters. The predicted molar refractivity (Wildman–Crippen MR) is 152 cm³/mol. The highest BCUT2D eigenvalue weighted by molar-refractivity contribution is 7.80. The van der Waals surface area contributed by atoms with Gasteiger partial charge in [0.15, 0.2) is 5.11 Å². The van der Waals surface area contributed by atoms with Crippen molar-refractivity contribution in [2.45, 2.75) is 64.1 Å². The van der Waals surface area contributed by atoms with Crippen molar-refractivity contribution >= 4 is 46.3 Å². The van der Waals surface area contributed by atoms with E-state index in [4.69, 9.17) is 34.4 Å². The molecule has 0 N–H and O–H groups in total. The largest absolute Gasteiger partial charge is 0.474 e. The highest BCUT2D eigenvalue weighted by Crippen LogP contribution is 2.38. The summed E-state index contributed by atoms with van der Waals surface area (Å²) >= 11 is 10.7. The van der Waals surface area contributed by atoms with Crippen LogP contribution >= 0.6 is 24.4 Å². The van der Waals surface area contributed by atoms with E-state index in [0.29, 0.717) is 11.7 Å². The van der Waals surface area contributed by atoms with Gasteiger partial charge < -0.3 is 14.5 Å². The molecule has 0 bridgehead atoms. The number of nitriles is 1. The molecule has 0 atom stereocenters. The van der Waals surface area contributed by atoms with Gasteiger partial charge >= 0.3 is 6.18 Å². The molecule has 1 amide bonds. The first-order valence-electron chi connectivity index (χ1n) is 13.2. The minimum atomic E-state index is -4.71. The standard InChI is InChI=1S/C27H36F3N5O2S2/c1-26(2)23(36)35(21-11-10-20(19-31)22(18-21)27(28,29)30)24(38)34(26)13-9-7-5-4-6-8-12-32-14-16-33(17-15-32)25(39)37-3/h10-11,18H,4-9,12-17H2,1-3H3. The number of methoxy groups -OCH3 is 1. The zero-order valence-electron chi connectivity index (χ0n) is 22.7. The number of piperazine rings is 1. The molecule has 2 aliphatic heterocycles. The number of hydrogen-bond acceptors (Lipinski definition) is 6. The number of amides is 1. The number of benzene rings is 1. The molecule has 39 heavy (non-hydrogen) atoms. The van der Waals surface area contributed by atoms with Crippen molar-refractivity contribution < 1.29 is 22.7 Å². The SMILES string of the molecule is COC(=S)N1CCN(CCCCCCCCN2C(=S)N(c3ccc(C#N)c(C(F)(F)F)c3)C(=O)C2(C)C)CC1. The first-order chi connectivity index (χ1) is 18.4. The van der Waals surface area contributed by atoms with Crippen LogP contribution in [0.5, 0.6) is 0 Å². The Morgan fingerprint density at radius 1 is 1.05 bits per heavy atom. The third-order valence-electron chi connectivity index (χ3n) is 7.42. The Balaban J connectivity index is 1.43. The molecule has 2 fully saturated rings. The summed E-state index contributed by atoms with van der Waals surface area (Å²) in [5.74, 6) is -0.379. The number of alkyl halides is 3. The van der Waals surface area contributed by atoms with Gasteiger partial charge in [-0.25, -0.2) is 0 Å². The van der Waals surface area contributed by atoms with E-state index in [1.165, 1.54) is 6.07 Å². The molecule has 214 valence electrons. The lowest BCUT2D eigenvalue weighted by Crippen LogP contribution is -2.48. The number of hydrogen-bond donors (Lipinski definition) is 0. The monoisotopic (exact) mass is 583 g/mol. The van der Waals surface area contributed by atoms with Crippen LogP contribution in [-0.4, -0.2) is 82.8 Å². The molecule has 0 radical (unpaired) electrons. The zero-order chi connectivity index (χ0) is 28.8. The molecular formula is C27H36F3N5O2S2. The fourth-order valence-corrected chi connectivity index (χ4v) is 5.73. The lowest BCUT2D eigenvalue weighted by molar-refractivity contribution is -0.137. The van der Waals surface area contributed by atoms with Crippen molar-refractivity contribution in [3.8, 4) is 6.07 Å². The molecular weight excluding hydrogens is 547 g/mol. The zero-order valence-corrected chi connectivity index (χ0v) is 24.4. The number of carbonyl (C=O) groups is 1. The van der Waals surface area contributed by atoms with Crippen molar-refractivity contribution in [3.63, 3.8) is 0 Å². The highest BCUT2D eigenvalue weighted by Gasteiger charge is 2.49. The average Bonchev–Trinajstić information content (AvgIpc) is 3.07. The normalized spacial score (nSPS) is 18.0. The summed E-state index contributed by atoms with van der Waals surface area (Å²) in [5, 5.41) is 9.83. The third kappa shape index (κ3) is 7.38. The van der Waals surface area contributed by atoms with Crippen LogP contribution in [0.4, 0.5) is 18.9 Å². The second-order valence-corrected chi connectivity index (χ2v) is 11.1. The van der Waals surface area contributed by atoms with Gasteiger partial charge in [0, 0.05) is 32.7 Å². The van der Waals surface area contributed by atoms with E-state index in [2.05, 4.69) is 9.80 Å². The van der Waals surface area contributed by atoms with Crippen LogP contribution in [0.2, 0.25) is 0 Å². The summed E-state index contributed by atoms with van der Waals surface area (Å²) in [5.41, 5.74) is -2.52. The van der Waals surface area contributed by atoms with Crippen molar-refractivity contribution in [1.82, 2.24) is 14.7 Å². The summed E-state index contributed by atoms with van der Waals surface area (Å²) in [4.78, 5) is 20.7. The second kappa shape index (κ2) is 13.2. The Kier molecular flexibility index (Phi) is 10.5. The minimum Gasteiger partial charge on any atom is -0.474 e. The fourth-order valence-electron chi connectivity index (χ4n) is 5.04. The van der Waals surface area contributed by atoms with Gasteiger partial charge in [0.2, 0.25) is 0 Å². The molecule has 3 rings (SSSR count). The van der Waals surface area contributed by atoms with E-state index in [0.717, 1.165) is 88.3 Å². The minimum absolute atomic E-state index is 0.0229. The van der Waals surface area contributed by atoms with E-state index in [1.54, 1.807) is 31.9 Å². The molecule has 7 nitrogen and oxygen atoms in total. The number of halogens is 3. The van der Waals surface area contributed by atoms with Crippen LogP contribution in [0.3, 0.4) is 0 Å². The number of ether oxygens (including phenoxy) is 1.